The van der Waals surface area contributed by atoms with Crippen molar-refractivity contribution in [1.29, 1.82) is 0 Å². The van der Waals surface area contributed by atoms with Crippen molar-refractivity contribution in [3.05, 3.63) is 47.5 Å². The number of thiazole rings is 1. The standard InChI is InChI=1S/C22H24ClN3O3S2/c1-28-17-4-7-19-20(14-17)31-22(24-19)26(9-8-25-10-12-29-13-11-25)21(27)15-30-18-5-2-16(23)3-6-18/h2-7,14H,8-13,15H2,1H3. The predicted molar refractivity (Wildman–Crippen MR) is 128 cm³/mol. The number of carbonyl (C=O) groups is 1. The lowest BCUT2D eigenvalue weighted by atomic mass is 10.3. The zero-order valence-corrected chi connectivity index (χ0v) is 19.6. The number of ether oxygens (including phenoxy) is 2. The summed E-state index contributed by atoms with van der Waals surface area (Å²) in [5.41, 5.74) is 0.871. The van der Waals surface area contributed by atoms with Gasteiger partial charge in [-0.15, -0.1) is 11.8 Å². The van der Waals surface area contributed by atoms with Crippen molar-refractivity contribution in [3.63, 3.8) is 0 Å². The van der Waals surface area contributed by atoms with Crippen LogP contribution in [0, 0.1) is 0 Å². The quantitative estimate of drug-likeness (QED) is 0.448. The Labute approximate surface area is 195 Å². The third kappa shape index (κ3) is 5.90. The Kier molecular flexibility index (Phi) is 7.68. The Bertz CT molecular complexity index is 1020. The Balaban J connectivity index is 1.51. The van der Waals surface area contributed by atoms with Crippen molar-refractivity contribution in [2.24, 2.45) is 0 Å². The molecular formula is C22H24ClN3O3S2. The first-order chi connectivity index (χ1) is 15.1. The summed E-state index contributed by atoms with van der Waals surface area (Å²) in [7, 11) is 1.65. The molecule has 0 saturated carbocycles. The fourth-order valence-corrected chi connectivity index (χ4v) is 5.22. The van der Waals surface area contributed by atoms with Gasteiger partial charge in [0.2, 0.25) is 5.91 Å². The number of benzene rings is 2. The van der Waals surface area contributed by atoms with Gasteiger partial charge >= 0.3 is 0 Å². The summed E-state index contributed by atoms with van der Waals surface area (Å²) in [6.07, 6.45) is 0. The minimum absolute atomic E-state index is 0.0410. The van der Waals surface area contributed by atoms with E-state index in [2.05, 4.69) is 4.90 Å². The number of thioether (sulfide) groups is 1. The van der Waals surface area contributed by atoms with Crippen LogP contribution in [-0.2, 0) is 9.53 Å². The molecule has 0 radical (unpaired) electrons. The topological polar surface area (TPSA) is 54.9 Å². The number of morpholine rings is 1. The molecule has 0 atom stereocenters. The summed E-state index contributed by atoms with van der Waals surface area (Å²) in [6, 6.07) is 13.3. The maximum absolute atomic E-state index is 13.2. The van der Waals surface area contributed by atoms with Crippen LogP contribution in [0.2, 0.25) is 5.02 Å². The average molecular weight is 478 g/mol. The highest BCUT2D eigenvalue weighted by atomic mass is 35.5. The van der Waals surface area contributed by atoms with Gasteiger partial charge in [0.15, 0.2) is 5.13 Å². The number of anilines is 1. The Morgan fingerprint density at radius 2 is 2.03 bits per heavy atom. The minimum Gasteiger partial charge on any atom is -0.497 e. The van der Waals surface area contributed by atoms with Gasteiger partial charge in [-0.2, -0.15) is 0 Å². The van der Waals surface area contributed by atoms with Gasteiger partial charge in [0, 0.05) is 36.1 Å². The van der Waals surface area contributed by atoms with E-state index in [4.69, 9.17) is 26.1 Å². The van der Waals surface area contributed by atoms with Gasteiger partial charge in [0.25, 0.3) is 0 Å². The molecule has 2 aromatic carbocycles. The molecule has 3 aromatic rings. The monoisotopic (exact) mass is 477 g/mol. The number of rotatable bonds is 8. The number of hydrogen-bond acceptors (Lipinski definition) is 7. The Morgan fingerprint density at radius 3 is 2.77 bits per heavy atom. The van der Waals surface area contributed by atoms with Gasteiger partial charge in [0.05, 0.1) is 36.3 Å². The molecule has 1 fully saturated rings. The van der Waals surface area contributed by atoms with E-state index in [0.29, 0.717) is 17.3 Å². The molecule has 164 valence electrons. The van der Waals surface area contributed by atoms with Crippen LogP contribution in [0.4, 0.5) is 5.13 Å². The molecular weight excluding hydrogens is 454 g/mol. The highest BCUT2D eigenvalue weighted by molar-refractivity contribution is 8.00. The first kappa shape index (κ1) is 22.4. The number of carbonyl (C=O) groups excluding carboxylic acids is 1. The van der Waals surface area contributed by atoms with Crippen LogP contribution < -0.4 is 9.64 Å². The van der Waals surface area contributed by atoms with Crippen LogP contribution in [0.3, 0.4) is 0 Å². The highest BCUT2D eigenvalue weighted by Gasteiger charge is 2.22. The number of methoxy groups -OCH3 is 1. The number of amides is 1. The zero-order chi connectivity index (χ0) is 21.6. The lowest BCUT2D eigenvalue weighted by Crippen LogP contribution is -2.43. The van der Waals surface area contributed by atoms with Gasteiger partial charge in [-0.25, -0.2) is 4.98 Å². The predicted octanol–water partition coefficient (Wildman–Crippen LogP) is 4.42. The number of aromatic nitrogens is 1. The minimum atomic E-state index is 0.0410. The number of fused-ring (bicyclic) bond motifs is 1. The van der Waals surface area contributed by atoms with Gasteiger partial charge in [0.1, 0.15) is 5.75 Å². The van der Waals surface area contributed by atoms with E-state index >= 15 is 0 Å². The smallest absolute Gasteiger partial charge is 0.239 e. The molecule has 1 aliphatic heterocycles. The molecule has 2 heterocycles. The fraction of sp³-hybridized carbons (Fsp3) is 0.364. The maximum atomic E-state index is 13.2. The lowest BCUT2D eigenvalue weighted by Gasteiger charge is -2.29. The number of halogens is 1. The van der Waals surface area contributed by atoms with E-state index < -0.39 is 0 Å². The average Bonchev–Trinajstić information content (AvgIpc) is 3.22. The van der Waals surface area contributed by atoms with Crippen molar-refractivity contribution < 1.29 is 14.3 Å². The largest absolute Gasteiger partial charge is 0.497 e. The third-order valence-electron chi connectivity index (χ3n) is 5.04. The summed E-state index contributed by atoms with van der Waals surface area (Å²) in [4.78, 5) is 23.1. The summed E-state index contributed by atoms with van der Waals surface area (Å²) in [6.45, 7) is 4.64. The first-order valence-corrected chi connectivity index (χ1v) is 12.2. The Morgan fingerprint density at radius 1 is 1.26 bits per heavy atom. The van der Waals surface area contributed by atoms with Crippen molar-refractivity contribution in [1.82, 2.24) is 9.88 Å². The van der Waals surface area contributed by atoms with Crippen molar-refractivity contribution in [2.75, 3.05) is 57.2 Å². The van der Waals surface area contributed by atoms with Gasteiger partial charge in [-0.1, -0.05) is 22.9 Å². The van der Waals surface area contributed by atoms with Crippen LogP contribution in [-0.4, -0.2) is 68.0 Å². The summed E-state index contributed by atoms with van der Waals surface area (Å²) < 4.78 is 11.8. The molecule has 1 amide bonds. The van der Waals surface area contributed by atoms with Crippen molar-refractivity contribution in [2.45, 2.75) is 4.90 Å². The molecule has 0 aliphatic carbocycles. The third-order valence-corrected chi connectivity index (χ3v) is 7.33. The van der Waals surface area contributed by atoms with Crippen molar-refractivity contribution >= 4 is 56.0 Å². The van der Waals surface area contributed by atoms with E-state index in [1.165, 1.54) is 23.1 Å². The number of nitrogens with zero attached hydrogens (tertiary/aromatic N) is 3. The Hall–Kier alpha value is -1.84. The second-order valence-electron chi connectivity index (χ2n) is 7.07. The van der Waals surface area contributed by atoms with E-state index in [1.54, 1.807) is 7.11 Å². The van der Waals surface area contributed by atoms with Gasteiger partial charge in [-0.3, -0.25) is 14.6 Å². The molecule has 1 aliphatic rings. The van der Waals surface area contributed by atoms with Crippen LogP contribution in [0.5, 0.6) is 5.75 Å². The van der Waals surface area contributed by atoms with E-state index in [0.717, 1.165) is 58.8 Å². The second kappa shape index (κ2) is 10.7. The molecule has 4 rings (SSSR count). The zero-order valence-electron chi connectivity index (χ0n) is 17.3. The summed E-state index contributed by atoms with van der Waals surface area (Å²) in [5, 5.41) is 1.41. The summed E-state index contributed by atoms with van der Waals surface area (Å²) >= 11 is 8.99. The first-order valence-electron chi connectivity index (χ1n) is 10.1. The molecule has 0 spiro atoms. The van der Waals surface area contributed by atoms with Crippen molar-refractivity contribution in [3.8, 4) is 5.75 Å². The van der Waals surface area contributed by atoms with Crippen LogP contribution >= 0.6 is 34.7 Å². The van der Waals surface area contributed by atoms with Crippen LogP contribution in [0.15, 0.2) is 47.4 Å². The molecule has 31 heavy (non-hydrogen) atoms. The molecule has 0 bridgehead atoms. The molecule has 0 unspecified atom stereocenters. The van der Waals surface area contributed by atoms with Crippen LogP contribution in [0.1, 0.15) is 0 Å². The molecule has 1 aromatic heterocycles. The molecule has 6 nitrogen and oxygen atoms in total. The SMILES string of the molecule is COc1ccc2nc(N(CCN3CCOCC3)C(=O)CSc3ccc(Cl)cc3)sc2c1. The van der Waals surface area contributed by atoms with E-state index in [9.17, 15) is 4.79 Å². The molecule has 1 saturated heterocycles. The van der Waals surface area contributed by atoms with Gasteiger partial charge < -0.3 is 9.47 Å². The van der Waals surface area contributed by atoms with E-state index in [-0.39, 0.29) is 5.91 Å². The maximum Gasteiger partial charge on any atom is 0.239 e. The normalized spacial score (nSPS) is 14.6. The summed E-state index contributed by atoms with van der Waals surface area (Å²) in [5.74, 6) is 1.16. The van der Waals surface area contributed by atoms with Gasteiger partial charge in [-0.05, 0) is 42.5 Å². The van der Waals surface area contributed by atoms with Crippen LogP contribution in [0.25, 0.3) is 10.2 Å². The lowest BCUT2D eigenvalue weighted by molar-refractivity contribution is -0.116. The van der Waals surface area contributed by atoms with E-state index in [1.807, 2.05) is 47.4 Å². The highest BCUT2D eigenvalue weighted by Crippen LogP contribution is 2.32. The molecule has 9 heteroatoms. The fourth-order valence-electron chi connectivity index (χ4n) is 3.28. The number of hydrogen-bond donors (Lipinski definition) is 0. The molecule has 0 N–H and O–H groups in total. The second-order valence-corrected chi connectivity index (χ2v) is 9.57.